The molecule has 108 valence electrons. The van der Waals surface area contributed by atoms with Crippen molar-refractivity contribution in [2.45, 2.75) is 32.7 Å². The minimum atomic E-state index is -0.233. The van der Waals surface area contributed by atoms with Crippen molar-refractivity contribution in [2.24, 2.45) is 11.7 Å². The molecule has 1 heterocycles. The largest absolute Gasteiger partial charge is 0.328 e. The van der Waals surface area contributed by atoms with Crippen LogP contribution in [0.4, 0.5) is 4.39 Å². The quantitative estimate of drug-likeness (QED) is 0.908. The van der Waals surface area contributed by atoms with Gasteiger partial charge in [0.15, 0.2) is 0 Å². The van der Waals surface area contributed by atoms with Gasteiger partial charge in [-0.25, -0.2) is 9.37 Å². The third-order valence-electron chi connectivity index (χ3n) is 3.65. The molecule has 2 N–H and O–H groups in total. The highest BCUT2D eigenvalue weighted by atomic mass is 19.1. The van der Waals surface area contributed by atoms with Crippen molar-refractivity contribution in [3.05, 3.63) is 42.6 Å². The summed E-state index contributed by atoms with van der Waals surface area (Å²) in [5.41, 5.74) is 7.75. The van der Waals surface area contributed by atoms with Gasteiger partial charge in [-0.1, -0.05) is 13.8 Å². The van der Waals surface area contributed by atoms with E-state index in [0.717, 1.165) is 17.7 Å². The summed E-state index contributed by atoms with van der Waals surface area (Å²) in [5.74, 6) is 0.301. The van der Waals surface area contributed by atoms with Gasteiger partial charge in [0.25, 0.3) is 0 Å². The third kappa shape index (κ3) is 2.90. The summed E-state index contributed by atoms with van der Waals surface area (Å²) in [5, 5.41) is 0. The van der Waals surface area contributed by atoms with Gasteiger partial charge in [0.1, 0.15) is 5.82 Å². The Morgan fingerprint density at radius 3 is 2.50 bits per heavy atom. The van der Waals surface area contributed by atoms with Crippen molar-refractivity contribution >= 4 is 0 Å². The lowest BCUT2D eigenvalue weighted by Gasteiger charge is -2.33. The van der Waals surface area contributed by atoms with Gasteiger partial charge in [0, 0.05) is 6.54 Å². The number of aromatic nitrogens is 2. The van der Waals surface area contributed by atoms with Crippen molar-refractivity contribution in [1.29, 1.82) is 0 Å². The van der Waals surface area contributed by atoms with E-state index in [1.807, 2.05) is 12.5 Å². The summed E-state index contributed by atoms with van der Waals surface area (Å²) in [6.45, 7) is 7.04. The normalized spacial score (nSPS) is 14.5. The van der Waals surface area contributed by atoms with E-state index in [1.165, 1.54) is 12.1 Å². The number of hydrogen-bond acceptors (Lipinski definition) is 2. The Morgan fingerprint density at radius 1 is 1.30 bits per heavy atom. The first-order valence-corrected chi connectivity index (χ1v) is 6.95. The molecule has 3 nitrogen and oxygen atoms in total. The Hall–Kier alpha value is -1.68. The summed E-state index contributed by atoms with van der Waals surface area (Å²) in [7, 11) is 0. The minimum absolute atomic E-state index is 0.186. The first kappa shape index (κ1) is 14.7. The molecule has 0 aliphatic carbocycles. The number of rotatable bonds is 5. The predicted octanol–water partition coefficient (Wildman–Crippen LogP) is 3.41. The van der Waals surface area contributed by atoms with Crippen molar-refractivity contribution in [3.63, 3.8) is 0 Å². The highest BCUT2D eigenvalue weighted by molar-refractivity contribution is 5.59. The van der Waals surface area contributed by atoms with Crippen LogP contribution < -0.4 is 5.73 Å². The smallest absolute Gasteiger partial charge is 0.123 e. The number of halogens is 1. The number of nitrogens with two attached hydrogens (primary N) is 1. The van der Waals surface area contributed by atoms with Gasteiger partial charge in [0.2, 0.25) is 0 Å². The van der Waals surface area contributed by atoms with E-state index in [-0.39, 0.29) is 11.4 Å². The Balaban J connectivity index is 2.43. The molecule has 0 radical (unpaired) electrons. The average molecular weight is 275 g/mol. The van der Waals surface area contributed by atoms with Crippen LogP contribution >= 0.6 is 0 Å². The molecule has 20 heavy (non-hydrogen) atoms. The minimum Gasteiger partial charge on any atom is -0.328 e. The van der Waals surface area contributed by atoms with Gasteiger partial charge < -0.3 is 10.3 Å². The molecule has 2 rings (SSSR count). The van der Waals surface area contributed by atoms with Crippen LogP contribution in [0.25, 0.3) is 11.3 Å². The van der Waals surface area contributed by atoms with Gasteiger partial charge >= 0.3 is 0 Å². The molecule has 1 atom stereocenters. The summed E-state index contributed by atoms with van der Waals surface area (Å²) in [6, 6.07) is 6.48. The Morgan fingerprint density at radius 2 is 1.95 bits per heavy atom. The maximum absolute atomic E-state index is 13.1. The molecular weight excluding hydrogens is 253 g/mol. The summed E-state index contributed by atoms with van der Waals surface area (Å²) in [6.07, 6.45) is 4.59. The van der Waals surface area contributed by atoms with Crippen LogP contribution in [-0.4, -0.2) is 16.1 Å². The van der Waals surface area contributed by atoms with Crippen LogP contribution in [0.15, 0.2) is 36.8 Å². The topological polar surface area (TPSA) is 43.8 Å². The van der Waals surface area contributed by atoms with Gasteiger partial charge in [-0.15, -0.1) is 0 Å². The van der Waals surface area contributed by atoms with E-state index in [4.69, 9.17) is 5.73 Å². The van der Waals surface area contributed by atoms with E-state index in [0.29, 0.717) is 12.5 Å². The molecule has 1 unspecified atom stereocenters. The van der Waals surface area contributed by atoms with Crippen LogP contribution in [0.1, 0.15) is 27.2 Å². The number of benzene rings is 1. The molecule has 1 aromatic heterocycles. The van der Waals surface area contributed by atoms with Crippen molar-refractivity contribution in [3.8, 4) is 11.3 Å². The van der Waals surface area contributed by atoms with Crippen molar-refractivity contribution in [2.75, 3.05) is 6.54 Å². The summed E-state index contributed by atoms with van der Waals surface area (Å²) >= 11 is 0. The maximum atomic E-state index is 13.1. The lowest BCUT2D eigenvalue weighted by atomic mass is 9.90. The fourth-order valence-electron chi connectivity index (χ4n) is 2.72. The lowest BCUT2D eigenvalue weighted by molar-refractivity contribution is 0.267. The molecule has 2 aromatic rings. The fourth-order valence-corrected chi connectivity index (χ4v) is 2.72. The van der Waals surface area contributed by atoms with E-state index in [2.05, 4.69) is 30.3 Å². The SMILES string of the molecule is CC(C)CC(C)(CN)n1cncc1-c1ccc(F)cc1. The number of hydrogen-bond donors (Lipinski definition) is 1. The molecule has 0 saturated heterocycles. The molecule has 0 aliphatic heterocycles. The molecule has 0 spiro atoms. The van der Waals surface area contributed by atoms with E-state index < -0.39 is 0 Å². The summed E-state index contributed by atoms with van der Waals surface area (Å²) < 4.78 is 15.2. The Labute approximate surface area is 119 Å². The van der Waals surface area contributed by atoms with E-state index in [1.54, 1.807) is 12.1 Å². The molecule has 0 saturated carbocycles. The van der Waals surface area contributed by atoms with Gasteiger partial charge in [0.05, 0.1) is 23.8 Å². The standard InChI is InChI=1S/C16H22FN3/c1-12(2)8-16(3,10-18)20-11-19-9-15(20)13-4-6-14(17)7-5-13/h4-7,9,11-12H,8,10,18H2,1-3H3. The highest BCUT2D eigenvalue weighted by Crippen LogP contribution is 2.30. The molecule has 1 aromatic carbocycles. The van der Waals surface area contributed by atoms with Crippen LogP contribution in [0.5, 0.6) is 0 Å². The first-order valence-electron chi connectivity index (χ1n) is 6.95. The first-order chi connectivity index (χ1) is 9.46. The molecule has 0 aliphatic rings. The van der Waals surface area contributed by atoms with Crippen LogP contribution in [-0.2, 0) is 5.54 Å². The second-order valence-electron chi connectivity index (χ2n) is 5.95. The molecular formula is C16H22FN3. The van der Waals surface area contributed by atoms with E-state index >= 15 is 0 Å². The highest BCUT2D eigenvalue weighted by Gasteiger charge is 2.28. The maximum Gasteiger partial charge on any atom is 0.123 e. The molecule has 0 bridgehead atoms. The molecule has 4 heteroatoms. The Kier molecular flexibility index (Phi) is 4.23. The molecule has 0 fully saturated rings. The fraction of sp³-hybridized carbons (Fsp3) is 0.438. The van der Waals surface area contributed by atoms with Crippen LogP contribution in [0, 0.1) is 11.7 Å². The predicted molar refractivity (Wildman–Crippen MR) is 79.8 cm³/mol. The average Bonchev–Trinajstić information content (AvgIpc) is 2.88. The third-order valence-corrected chi connectivity index (χ3v) is 3.65. The lowest BCUT2D eigenvalue weighted by Crippen LogP contribution is -2.39. The van der Waals surface area contributed by atoms with Gasteiger partial charge in [-0.3, -0.25) is 0 Å². The second-order valence-corrected chi connectivity index (χ2v) is 5.95. The van der Waals surface area contributed by atoms with Crippen LogP contribution in [0.2, 0.25) is 0 Å². The zero-order chi connectivity index (χ0) is 14.8. The molecule has 0 amide bonds. The van der Waals surface area contributed by atoms with Crippen LogP contribution in [0.3, 0.4) is 0 Å². The zero-order valence-electron chi connectivity index (χ0n) is 12.3. The number of nitrogens with zero attached hydrogens (tertiary/aromatic N) is 2. The Bertz CT molecular complexity index is 559. The van der Waals surface area contributed by atoms with Gasteiger partial charge in [-0.05, 0) is 49.1 Å². The zero-order valence-corrected chi connectivity index (χ0v) is 12.3. The second kappa shape index (κ2) is 5.75. The van der Waals surface area contributed by atoms with E-state index in [9.17, 15) is 4.39 Å². The monoisotopic (exact) mass is 275 g/mol. The number of imidazole rings is 1. The summed E-state index contributed by atoms with van der Waals surface area (Å²) in [4.78, 5) is 4.26. The van der Waals surface area contributed by atoms with Crippen molar-refractivity contribution in [1.82, 2.24) is 9.55 Å². The van der Waals surface area contributed by atoms with Gasteiger partial charge in [-0.2, -0.15) is 0 Å². The van der Waals surface area contributed by atoms with Crippen molar-refractivity contribution < 1.29 is 4.39 Å².